The number of aromatic nitrogens is 2. The number of pyridine rings is 2. The molecule has 32 heavy (non-hydrogen) atoms. The molecular formula is C25H24N4O2S. The molecule has 0 saturated carbocycles. The number of carbonyl (C=O) groups excluding carboxylic acids is 1. The average Bonchev–Trinajstić information content (AvgIpc) is 3.24. The van der Waals surface area contributed by atoms with Crippen LogP contribution < -0.4 is 15.8 Å². The molecule has 0 fully saturated rings. The number of methoxy groups -OCH3 is 1. The van der Waals surface area contributed by atoms with E-state index in [4.69, 9.17) is 10.5 Å². The number of benzene rings is 1. The molecule has 0 aliphatic heterocycles. The number of allylic oxidation sites excluding steroid dienone is 2. The predicted molar refractivity (Wildman–Crippen MR) is 131 cm³/mol. The second-order valence-electron chi connectivity index (χ2n) is 7.59. The van der Waals surface area contributed by atoms with Crippen LogP contribution in [0.4, 0.5) is 11.4 Å². The van der Waals surface area contributed by atoms with Crippen molar-refractivity contribution in [2.24, 2.45) is 0 Å². The van der Waals surface area contributed by atoms with Crippen molar-refractivity contribution in [2.75, 3.05) is 18.2 Å². The van der Waals surface area contributed by atoms with Crippen LogP contribution in [-0.2, 0) is 6.42 Å². The zero-order valence-corrected chi connectivity index (χ0v) is 19.0. The average molecular weight is 445 g/mol. The van der Waals surface area contributed by atoms with E-state index in [1.54, 1.807) is 19.5 Å². The van der Waals surface area contributed by atoms with Crippen LogP contribution in [0.15, 0.2) is 66.5 Å². The summed E-state index contributed by atoms with van der Waals surface area (Å²) in [6.07, 6.45) is 6.04. The van der Waals surface area contributed by atoms with Crippen LogP contribution in [-0.4, -0.2) is 23.0 Å². The van der Waals surface area contributed by atoms with Crippen LogP contribution in [0.5, 0.6) is 5.75 Å². The molecule has 3 N–H and O–H groups in total. The first-order valence-corrected chi connectivity index (χ1v) is 11.0. The number of nitrogens with zero attached hydrogens (tertiary/aromatic N) is 2. The lowest BCUT2D eigenvalue weighted by Gasteiger charge is -2.17. The van der Waals surface area contributed by atoms with E-state index in [-0.39, 0.29) is 5.91 Å². The molecular weight excluding hydrogens is 420 g/mol. The summed E-state index contributed by atoms with van der Waals surface area (Å²) in [7, 11) is 1.62. The maximum absolute atomic E-state index is 13.2. The minimum absolute atomic E-state index is 0.233. The van der Waals surface area contributed by atoms with Gasteiger partial charge in [0.15, 0.2) is 0 Å². The van der Waals surface area contributed by atoms with Gasteiger partial charge in [-0.2, -0.15) is 0 Å². The van der Waals surface area contributed by atoms with Gasteiger partial charge in [0.25, 0.3) is 5.91 Å². The summed E-state index contributed by atoms with van der Waals surface area (Å²) < 4.78 is 5.41. The Morgan fingerprint density at radius 2 is 2.03 bits per heavy atom. The summed E-state index contributed by atoms with van der Waals surface area (Å²) in [6, 6.07) is 13.3. The molecule has 1 aromatic carbocycles. The molecule has 7 heteroatoms. The number of rotatable bonds is 6. The minimum atomic E-state index is -0.233. The maximum atomic E-state index is 13.2. The summed E-state index contributed by atoms with van der Waals surface area (Å²) in [4.78, 5) is 23.5. The van der Waals surface area contributed by atoms with Gasteiger partial charge in [0.1, 0.15) is 10.6 Å². The number of thiophene rings is 1. The molecule has 0 spiro atoms. The largest absolute Gasteiger partial charge is 0.497 e. The number of nitrogen functional groups attached to an aromatic ring is 1. The Hall–Kier alpha value is -3.71. The quantitative estimate of drug-likeness (QED) is 0.372. The maximum Gasteiger partial charge on any atom is 0.265 e. The second kappa shape index (κ2) is 9.20. The van der Waals surface area contributed by atoms with Gasteiger partial charge in [0.05, 0.1) is 35.3 Å². The summed E-state index contributed by atoms with van der Waals surface area (Å²) in [5, 5.41) is 3.97. The Balaban J connectivity index is 1.81. The second-order valence-corrected chi connectivity index (χ2v) is 8.62. The Labute approximate surface area is 190 Å². The van der Waals surface area contributed by atoms with Crippen LogP contribution in [0.1, 0.15) is 29.2 Å². The molecule has 0 bridgehead atoms. The lowest BCUT2D eigenvalue weighted by Crippen LogP contribution is -2.14. The highest BCUT2D eigenvalue weighted by atomic mass is 32.1. The Morgan fingerprint density at radius 3 is 2.78 bits per heavy atom. The van der Waals surface area contributed by atoms with Gasteiger partial charge in [-0.15, -0.1) is 11.3 Å². The van der Waals surface area contributed by atoms with Crippen molar-refractivity contribution < 1.29 is 9.53 Å². The smallest absolute Gasteiger partial charge is 0.265 e. The molecule has 6 nitrogen and oxygen atoms in total. The van der Waals surface area contributed by atoms with Crippen molar-refractivity contribution in [3.8, 4) is 16.9 Å². The normalized spacial score (nSPS) is 10.7. The highest BCUT2D eigenvalue weighted by Crippen LogP contribution is 2.37. The molecule has 0 saturated heterocycles. The molecule has 162 valence electrons. The number of hydrogen-bond donors (Lipinski definition) is 2. The van der Waals surface area contributed by atoms with Gasteiger partial charge in [0.2, 0.25) is 0 Å². The summed E-state index contributed by atoms with van der Waals surface area (Å²) in [5.74, 6) is 0.481. The number of carbonyl (C=O) groups is 1. The van der Waals surface area contributed by atoms with E-state index in [0.29, 0.717) is 28.4 Å². The fraction of sp³-hybridized carbons (Fsp3) is 0.160. The first kappa shape index (κ1) is 21.5. The molecule has 0 atom stereocenters. The van der Waals surface area contributed by atoms with Crippen LogP contribution in [0, 0.1) is 0 Å². The van der Waals surface area contributed by atoms with E-state index >= 15 is 0 Å². The number of amides is 1. The molecule has 0 radical (unpaired) electrons. The third-order valence-corrected chi connectivity index (χ3v) is 6.06. The van der Waals surface area contributed by atoms with Crippen LogP contribution in [0.3, 0.4) is 0 Å². The van der Waals surface area contributed by atoms with Crippen molar-refractivity contribution in [3.05, 3.63) is 77.1 Å². The van der Waals surface area contributed by atoms with E-state index in [2.05, 4.69) is 21.4 Å². The number of anilines is 2. The lowest BCUT2D eigenvalue weighted by atomic mass is 9.98. The summed E-state index contributed by atoms with van der Waals surface area (Å²) in [6.45, 7) is 4.08. The van der Waals surface area contributed by atoms with Gasteiger partial charge in [-0.1, -0.05) is 29.8 Å². The zero-order chi connectivity index (χ0) is 22.7. The summed E-state index contributed by atoms with van der Waals surface area (Å²) in [5.41, 5.74) is 10.9. The van der Waals surface area contributed by atoms with E-state index in [1.807, 2.05) is 56.3 Å². The molecule has 3 aromatic heterocycles. The first-order chi connectivity index (χ1) is 15.5. The van der Waals surface area contributed by atoms with Gasteiger partial charge in [0, 0.05) is 23.6 Å². The fourth-order valence-electron chi connectivity index (χ4n) is 3.41. The Morgan fingerprint density at radius 1 is 1.19 bits per heavy atom. The van der Waals surface area contributed by atoms with E-state index in [0.717, 1.165) is 27.0 Å². The minimum Gasteiger partial charge on any atom is -0.497 e. The number of ether oxygens (including phenoxy) is 1. The van der Waals surface area contributed by atoms with Crippen LogP contribution >= 0.6 is 11.3 Å². The van der Waals surface area contributed by atoms with Crippen molar-refractivity contribution in [1.29, 1.82) is 0 Å². The predicted octanol–water partition coefficient (Wildman–Crippen LogP) is 5.71. The number of nitrogens with two attached hydrogens (primary N) is 1. The van der Waals surface area contributed by atoms with Gasteiger partial charge in [-0.3, -0.25) is 9.78 Å². The number of fused-ring (bicyclic) bond motifs is 1. The zero-order valence-electron chi connectivity index (χ0n) is 18.2. The number of hydrogen-bond acceptors (Lipinski definition) is 6. The van der Waals surface area contributed by atoms with Gasteiger partial charge in [-0.05, 0) is 43.7 Å². The van der Waals surface area contributed by atoms with E-state index in [9.17, 15) is 4.79 Å². The molecule has 3 heterocycles. The first-order valence-electron chi connectivity index (χ1n) is 10.2. The van der Waals surface area contributed by atoms with Crippen LogP contribution in [0.25, 0.3) is 21.3 Å². The fourth-order valence-corrected chi connectivity index (χ4v) is 4.30. The molecule has 0 aliphatic carbocycles. The van der Waals surface area contributed by atoms with Crippen LogP contribution in [0.2, 0.25) is 0 Å². The van der Waals surface area contributed by atoms with Crippen molar-refractivity contribution >= 4 is 38.8 Å². The molecule has 4 rings (SSSR count). The Kier molecular flexibility index (Phi) is 6.18. The van der Waals surface area contributed by atoms with Gasteiger partial charge < -0.3 is 15.8 Å². The van der Waals surface area contributed by atoms with Crippen molar-refractivity contribution in [1.82, 2.24) is 9.97 Å². The third-order valence-electron chi connectivity index (χ3n) is 5.00. The monoisotopic (exact) mass is 444 g/mol. The Bertz CT molecular complexity index is 1290. The van der Waals surface area contributed by atoms with Crippen molar-refractivity contribution in [3.63, 3.8) is 0 Å². The topological polar surface area (TPSA) is 90.1 Å². The molecule has 1 amide bonds. The van der Waals surface area contributed by atoms with Gasteiger partial charge >= 0.3 is 0 Å². The SMILES string of the molecule is COc1cccc(-c2c(CC=C(C)C)ncc(N)c2NC(=O)c2cc3cccnc3s2)c1. The third kappa shape index (κ3) is 4.48. The molecule has 4 aromatic rings. The standard InChI is InChI=1S/C25H24N4O2S/c1-15(2)9-10-20-22(16-6-4-8-18(12-16)31-3)23(19(26)14-28-20)29-24(30)21-13-17-7-5-11-27-25(17)32-21/h4-9,11-14H,10,26H2,1-3H3,(H,28,29,30). The van der Waals surface area contributed by atoms with E-state index in [1.165, 1.54) is 16.9 Å². The van der Waals surface area contributed by atoms with Crippen molar-refractivity contribution in [2.45, 2.75) is 20.3 Å². The molecule has 0 unspecified atom stereocenters. The highest BCUT2D eigenvalue weighted by Gasteiger charge is 2.19. The lowest BCUT2D eigenvalue weighted by molar-refractivity contribution is 0.103. The van der Waals surface area contributed by atoms with E-state index < -0.39 is 0 Å². The summed E-state index contributed by atoms with van der Waals surface area (Å²) >= 11 is 1.35. The van der Waals surface area contributed by atoms with Gasteiger partial charge in [-0.25, -0.2) is 4.98 Å². The number of nitrogens with one attached hydrogen (secondary N) is 1. The molecule has 0 aliphatic rings. The highest BCUT2D eigenvalue weighted by molar-refractivity contribution is 7.20.